The lowest BCUT2D eigenvalue weighted by atomic mass is 10.2. The first kappa shape index (κ1) is 14.6. The van der Waals surface area contributed by atoms with Gasteiger partial charge in [-0.1, -0.05) is 60.7 Å². The highest BCUT2D eigenvalue weighted by atomic mass is 16.7. The van der Waals surface area contributed by atoms with Crippen LogP contribution < -0.4 is 16.1 Å². The molecule has 0 amide bonds. The van der Waals surface area contributed by atoms with Gasteiger partial charge < -0.3 is 5.11 Å². The molecule has 0 bridgehead atoms. The van der Waals surface area contributed by atoms with Gasteiger partial charge in [0.15, 0.2) is 0 Å². The minimum Gasteiger partial charge on any atom is -0.826 e. The van der Waals surface area contributed by atoms with Crippen molar-refractivity contribution < 1.29 is 14.8 Å². The number of nitrogens with one attached hydrogen (secondary N) is 2. The summed E-state index contributed by atoms with van der Waals surface area (Å²) >= 11 is 0. The summed E-state index contributed by atoms with van der Waals surface area (Å²) in [7, 11) is 0. The largest absolute Gasteiger partial charge is 0.826 e. The van der Waals surface area contributed by atoms with Crippen LogP contribution >= 0.6 is 0 Å². The van der Waals surface area contributed by atoms with E-state index >= 15 is 0 Å². The highest BCUT2D eigenvalue weighted by Crippen LogP contribution is 2.00. The van der Waals surface area contributed by atoms with Crippen LogP contribution in [0.3, 0.4) is 0 Å². The van der Waals surface area contributed by atoms with Crippen molar-refractivity contribution in [1.29, 1.82) is 0 Å². The van der Waals surface area contributed by atoms with Gasteiger partial charge >= 0.3 is 0 Å². The van der Waals surface area contributed by atoms with Gasteiger partial charge in [-0.05, 0) is 11.1 Å². The Morgan fingerprint density at radius 2 is 1.15 bits per heavy atom. The fourth-order valence-electron chi connectivity index (χ4n) is 1.57. The molecule has 0 heterocycles. The monoisotopic (exact) mass is 273 g/mol. The van der Waals surface area contributed by atoms with Crippen molar-refractivity contribution in [1.82, 2.24) is 11.0 Å². The highest BCUT2D eigenvalue weighted by molar-refractivity contribution is 5.13. The smallest absolute Gasteiger partial charge is 0.0933 e. The molecule has 0 aliphatic carbocycles. The van der Waals surface area contributed by atoms with Gasteiger partial charge in [-0.15, -0.1) is 0 Å². The molecule has 0 fully saturated rings. The molecule has 2 rings (SSSR count). The fourth-order valence-corrected chi connectivity index (χ4v) is 1.57. The zero-order valence-electron chi connectivity index (χ0n) is 11.0. The topological polar surface area (TPSA) is 65.6 Å². The second-order valence-electron chi connectivity index (χ2n) is 4.16. The summed E-state index contributed by atoms with van der Waals surface area (Å²) in [5.41, 5.74) is 6.62. The average Bonchev–Trinajstić information content (AvgIpc) is 2.49. The summed E-state index contributed by atoms with van der Waals surface area (Å²) in [6, 6.07) is 19.2. The molecular weight excluding hydrogens is 256 g/mol. The van der Waals surface area contributed by atoms with Crippen LogP contribution in [-0.2, 0) is 22.9 Å². The van der Waals surface area contributed by atoms with E-state index in [1.807, 2.05) is 60.7 Å². The first-order chi connectivity index (χ1) is 9.84. The highest BCUT2D eigenvalue weighted by Gasteiger charge is 1.96. The number of benzene rings is 2. The van der Waals surface area contributed by atoms with E-state index in [-0.39, 0.29) is 0 Å². The lowest BCUT2D eigenvalue weighted by molar-refractivity contribution is -0.475. The lowest BCUT2D eigenvalue weighted by Crippen LogP contribution is -2.51. The third-order valence-corrected chi connectivity index (χ3v) is 2.54. The molecule has 5 nitrogen and oxygen atoms in total. The van der Waals surface area contributed by atoms with E-state index in [1.54, 1.807) is 0 Å². The van der Waals surface area contributed by atoms with E-state index in [0.29, 0.717) is 13.2 Å². The Labute approximate surface area is 118 Å². The maximum absolute atomic E-state index is 11.4. The zero-order chi connectivity index (χ0) is 14.0. The molecule has 2 aromatic rings. The number of hydroxylamine groups is 2. The van der Waals surface area contributed by atoms with Gasteiger partial charge in [-0.2, -0.15) is 11.0 Å². The zero-order valence-corrected chi connectivity index (χ0v) is 11.0. The summed E-state index contributed by atoms with van der Waals surface area (Å²) in [5, 5.41) is 11.4. The summed E-state index contributed by atoms with van der Waals surface area (Å²) in [5.74, 6) is 0. The standard InChI is InChI=1S/C15H17N2O3/c18-15(16-19-11-13-7-3-1-4-8-13)17-20-12-14-9-5-2-6-10-14/h1-10,15-17H,11-12H2/q-1. The molecular formula is C15H17N2O3-. The van der Waals surface area contributed by atoms with E-state index in [4.69, 9.17) is 9.68 Å². The van der Waals surface area contributed by atoms with Gasteiger partial charge in [0, 0.05) is 6.35 Å². The van der Waals surface area contributed by atoms with Crippen LogP contribution in [0.5, 0.6) is 0 Å². The van der Waals surface area contributed by atoms with Crippen molar-refractivity contribution in [2.75, 3.05) is 0 Å². The lowest BCUT2D eigenvalue weighted by Gasteiger charge is -2.23. The van der Waals surface area contributed by atoms with Crippen LogP contribution in [0.25, 0.3) is 0 Å². The molecule has 0 unspecified atom stereocenters. The Hall–Kier alpha value is -1.76. The van der Waals surface area contributed by atoms with Crippen LogP contribution in [0.2, 0.25) is 0 Å². The van der Waals surface area contributed by atoms with Gasteiger partial charge in [0.1, 0.15) is 0 Å². The molecule has 0 aliphatic rings. The molecule has 20 heavy (non-hydrogen) atoms. The molecule has 0 aromatic heterocycles. The van der Waals surface area contributed by atoms with Gasteiger partial charge in [-0.25, -0.2) is 0 Å². The van der Waals surface area contributed by atoms with E-state index in [9.17, 15) is 5.11 Å². The Kier molecular flexibility index (Phi) is 6.16. The Morgan fingerprint density at radius 3 is 1.55 bits per heavy atom. The van der Waals surface area contributed by atoms with Crippen LogP contribution in [0.1, 0.15) is 11.1 Å². The molecule has 0 radical (unpaired) electrons. The molecule has 0 spiro atoms. The molecule has 2 N–H and O–H groups in total. The quantitative estimate of drug-likeness (QED) is 0.556. The fraction of sp³-hybridized carbons (Fsp3) is 0.200. The van der Waals surface area contributed by atoms with Crippen molar-refractivity contribution in [3.05, 3.63) is 71.8 Å². The Bertz CT molecular complexity index is 433. The Morgan fingerprint density at radius 1 is 0.750 bits per heavy atom. The molecule has 5 heteroatoms. The minimum atomic E-state index is -1.34. The van der Waals surface area contributed by atoms with Crippen molar-refractivity contribution >= 4 is 0 Å². The van der Waals surface area contributed by atoms with Crippen molar-refractivity contribution in [2.24, 2.45) is 0 Å². The van der Waals surface area contributed by atoms with Crippen molar-refractivity contribution in [2.45, 2.75) is 19.6 Å². The summed E-state index contributed by atoms with van der Waals surface area (Å²) in [6.07, 6.45) is -1.34. The SMILES string of the molecule is [O-]C(NOCc1ccccc1)NOCc1ccccc1. The first-order valence-corrected chi connectivity index (χ1v) is 6.33. The van der Waals surface area contributed by atoms with Crippen LogP contribution in [0, 0.1) is 0 Å². The molecule has 0 atom stereocenters. The number of hydrogen-bond donors (Lipinski definition) is 2. The van der Waals surface area contributed by atoms with E-state index in [0.717, 1.165) is 11.1 Å². The van der Waals surface area contributed by atoms with E-state index in [2.05, 4.69) is 11.0 Å². The Balaban J connectivity index is 1.58. The van der Waals surface area contributed by atoms with Gasteiger partial charge in [0.25, 0.3) is 0 Å². The predicted octanol–water partition coefficient (Wildman–Crippen LogP) is 1.07. The summed E-state index contributed by atoms with van der Waals surface area (Å²) in [6.45, 7) is 0.639. The minimum absolute atomic E-state index is 0.319. The second-order valence-corrected chi connectivity index (χ2v) is 4.16. The third kappa shape index (κ3) is 5.48. The molecule has 0 saturated carbocycles. The number of rotatable bonds is 8. The van der Waals surface area contributed by atoms with Gasteiger partial charge in [-0.3, -0.25) is 9.68 Å². The molecule has 106 valence electrons. The summed E-state index contributed by atoms with van der Waals surface area (Å²) < 4.78 is 0. The average molecular weight is 273 g/mol. The third-order valence-electron chi connectivity index (χ3n) is 2.54. The normalized spacial score (nSPS) is 10.9. The van der Waals surface area contributed by atoms with Gasteiger partial charge in [0.2, 0.25) is 0 Å². The second kappa shape index (κ2) is 8.42. The van der Waals surface area contributed by atoms with Crippen molar-refractivity contribution in [3.8, 4) is 0 Å². The molecule has 0 aliphatic heterocycles. The molecule has 0 saturated heterocycles. The maximum Gasteiger partial charge on any atom is 0.0933 e. The summed E-state index contributed by atoms with van der Waals surface area (Å²) in [4.78, 5) is 10.2. The van der Waals surface area contributed by atoms with Crippen LogP contribution in [0.4, 0.5) is 0 Å². The van der Waals surface area contributed by atoms with E-state index < -0.39 is 6.35 Å². The van der Waals surface area contributed by atoms with Gasteiger partial charge in [0.05, 0.1) is 13.2 Å². The van der Waals surface area contributed by atoms with E-state index in [1.165, 1.54) is 0 Å². The predicted molar refractivity (Wildman–Crippen MR) is 72.5 cm³/mol. The number of hydrogen-bond acceptors (Lipinski definition) is 5. The van der Waals surface area contributed by atoms with Crippen LogP contribution in [0.15, 0.2) is 60.7 Å². The van der Waals surface area contributed by atoms with Crippen molar-refractivity contribution in [3.63, 3.8) is 0 Å². The maximum atomic E-state index is 11.4. The first-order valence-electron chi connectivity index (χ1n) is 6.33. The van der Waals surface area contributed by atoms with Crippen LogP contribution in [-0.4, -0.2) is 6.35 Å². The molecule has 2 aromatic carbocycles.